The van der Waals surface area contributed by atoms with Gasteiger partial charge in [-0.1, -0.05) is 19.3 Å². The Morgan fingerprint density at radius 2 is 1.82 bits per heavy atom. The summed E-state index contributed by atoms with van der Waals surface area (Å²) in [5, 5.41) is 17.8. The van der Waals surface area contributed by atoms with Crippen LogP contribution in [0.25, 0.3) is 11.3 Å². The number of carbonyl (C=O) groups excluding carboxylic acids is 2. The Balaban J connectivity index is 0.00000417. The summed E-state index contributed by atoms with van der Waals surface area (Å²) in [7, 11) is 1.52. The highest BCUT2D eigenvalue weighted by molar-refractivity contribution is 5.95. The van der Waals surface area contributed by atoms with Crippen LogP contribution in [0.5, 0.6) is 17.2 Å². The number of nitrogens with zero attached hydrogens (tertiary/aromatic N) is 1. The third kappa shape index (κ3) is 6.47. The molecule has 0 saturated heterocycles. The number of hydrogen-bond acceptors (Lipinski definition) is 7. The van der Waals surface area contributed by atoms with Crippen molar-refractivity contribution in [1.82, 2.24) is 15.6 Å². The summed E-state index contributed by atoms with van der Waals surface area (Å²) in [5.74, 6) is 0.501. The normalized spacial score (nSPS) is 20.8. The molecule has 2 amide bonds. The smallest absolute Gasteiger partial charge is 0.251 e. The number of amides is 2. The second-order valence-electron chi connectivity index (χ2n) is 12.8. The van der Waals surface area contributed by atoms with Crippen LogP contribution in [0.3, 0.4) is 0 Å². The maximum absolute atomic E-state index is 13.8. The molecule has 0 radical (unpaired) electrons. The largest absolute Gasteiger partial charge is 0.493 e. The lowest BCUT2D eigenvalue weighted by Crippen LogP contribution is -2.48. The minimum atomic E-state index is -1.64. The first-order chi connectivity index (χ1) is 21.6. The molecule has 3 N–H and O–H groups in total. The predicted octanol–water partition coefficient (Wildman–Crippen LogP) is 5.42. The Bertz CT molecular complexity index is 1590. The third-order valence-electron chi connectivity index (χ3n) is 9.02. The average Bonchev–Trinajstić information content (AvgIpc) is 3.80. The summed E-state index contributed by atoms with van der Waals surface area (Å²) in [6.07, 6.45) is 7.38. The maximum atomic E-state index is 13.8. The van der Waals surface area contributed by atoms with E-state index in [-0.39, 0.29) is 38.3 Å². The van der Waals surface area contributed by atoms with Crippen LogP contribution in [0, 0.1) is 5.82 Å². The lowest BCUT2D eigenvalue weighted by molar-refractivity contribution is -0.127. The minimum absolute atomic E-state index is 0. The van der Waals surface area contributed by atoms with Crippen LogP contribution in [0.2, 0.25) is 0 Å². The monoisotopic (exact) mass is 619 g/mol. The minimum Gasteiger partial charge on any atom is -0.493 e. The molecular formula is C35H42FN3O6. The van der Waals surface area contributed by atoms with Crippen molar-refractivity contribution in [2.75, 3.05) is 20.3 Å². The van der Waals surface area contributed by atoms with E-state index in [4.69, 9.17) is 19.2 Å². The van der Waals surface area contributed by atoms with Gasteiger partial charge in [-0.25, -0.2) is 9.37 Å². The molecule has 2 heterocycles. The van der Waals surface area contributed by atoms with E-state index >= 15 is 0 Å². The zero-order valence-electron chi connectivity index (χ0n) is 26.0. The molecule has 6 rings (SSSR count). The first-order valence-electron chi connectivity index (χ1n) is 15.7. The van der Waals surface area contributed by atoms with E-state index in [1.165, 1.54) is 25.7 Å². The fourth-order valence-corrected chi connectivity index (χ4v) is 5.96. The van der Waals surface area contributed by atoms with E-state index in [0.29, 0.717) is 39.6 Å². The molecule has 0 spiro atoms. The average molecular weight is 620 g/mol. The molecule has 3 aliphatic rings. The van der Waals surface area contributed by atoms with Crippen molar-refractivity contribution >= 4 is 11.8 Å². The van der Waals surface area contributed by atoms with Gasteiger partial charge in [0.05, 0.1) is 25.5 Å². The highest BCUT2D eigenvalue weighted by Gasteiger charge is 2.46. The Kier molecular flexibility index (Phi) is 8.43. The van der Waals surface area contributed by atoms with Gasteiger partial charge in [-0.15, -0.1) is 0 Å². The van der Waals surface area contributed by atoms with Crippen molar-refractivity contribution in [3.05, 3.63) is 71.2 Å². The van der Waals surface area contributed by atoms with E-state index in [1.807, 2.05) is 6.92 Å². The molecule has 3 aromatic rings. The van der Waals surface area contributed by atoms with E-state index in [2.05, 4.69) is 10.6 Å². The quantitative estimate of drug-likeness (QED) is 0.277. The Hall–Kier alpha value is -4.18. The zero-order valence-corrected chi connectivity index (χ0v) is 26.0. The standard InChI is InChI=1S/C35H40FN3O6.H2/c1-34(33(41)38-24-7-5-4-6-8-24)20-44-31-26(34)18-29(39-30(31)21-9-12-23(36)13-10-21)35(2,42)19-37-32(40)22-11-16-27(28(17-22)43-3)45-25-14-15-25;/h9-13,16-18,24-25,42H,4-8,14-15,19-20H2,1-3H3,(H,37,40)(H,38,41);1H/t34-,35-;/m0./s1. The molecule has 1 aliphatic heterocycles. The van der Waals surface area contributed by atoms with Crippen LogP contribution in [0.1, 0.15) is 81.8 Å². The van der Waals surface area contributed by atoms with Crippen LogP contribution in [-0.4, -0.2) is 54.3 Å². The molecular weight excluding hydrogens is 577 g/mol. The molecule has 2 fully saturated rings. The van der Waals surface area contributed by atoms with Gasteiger partial charge in [-0.05, 0) is 88.1 Å². The summed E-state index contributed by atoms with van der Waals surface area (Å²) in [5.41, 5.74) is -0.538. The van der Waals surface area contributed by atoms with Crippen molar-refractivity contribution in [2.24, 2.45) is 0 Å². The summed E-state index contributed by atoms with van der Waals surface area (Å²) in [6.45, 7) is 3.31. The van der Waals surface area contributed by atoms with Crippen LogP contribution in [-0.2, 0) is 15.8 Å². The number of carbonyl (C=O) groups is 2. The fourth-order valence-electron chi connectivity index (χ4n) is 5.96. The van der Waals surface area contributed by atoms with Gasteiger partial charge in [0.1, 0.15) is 34.9 Å². The number of rotatable bonds is 10. The molecule has 240 valence electrons. The number of nitrogens with one attached hydrogen (secondary N) is 2. The maximum Gasteiger partial charge on any atom is 0.251 e. The number of aromatic nitrogens is 1. The molecule has 0 unspecified atom stereocenters. The summed E-state index contributed by atoms with van der Waals surface area (Å²) < 4.78 is 31.3. The van der Waals surface area contributed by atoms with Crippen molar-refractivity contribution in [3.63, 3.8) is 0 Å². The van der Waals surface area contributed by atoms with Gasteiger partial charge in [-0.3, -0.25) is 9.59 Å². The van der Waals surface area contributed by atoms with Crippen molar-refractivity contribution in [3.8, 4) is 28.5 Å². The molecule has 0 bridgehead atoms. The number of hydrogen-bond donors (Lipinski definition) is 3. The van der Waals surface area contributed by atoms with E-state index in [9.17, 15) is 19.1 Å². The van der Waals surface area contributed by atoms with Crippen LogP contribution in [0.4, 0.5) is 4.39 Å². The number of benzene rings is 2. The van der Waals surface area contributed by atoms with Crippen molar-refractivity contribution in [1.29, 1.82) is 0 Å². The first kappa shape index (κ1) is 30.8. The predicted molar refractivity (Wildman–Crippen MR) is 168 cm³/mol. The Morgan fingerprint density at radius 3 is 2.51 bits per heavy atom. The topological polar surface area (TPSA) is 119 Å². The van der Waals surface area contributed by atoms with Gasteiger partial charge in [0.15, 0.2) is 11.5 Å². The Morgan fingerprint density at radius 1 is 1.09 bits per heavy atom. The van der Waals surface area contributed by atoms with Gasteiger partial charge in [0, 0.05) is 24.2 Å². The molecule has 2 atom stereocenters. The van der Waals surface area contributed by atoms with Crippen molar-refractivity contribution in [2.45, 2.75) is 82.0 Å². The number of ether oxygens (including phenoxy) is 3. The fraction of sp³-hybridized carbons (Fsp3) is 0.457. The first-order valence-corrected chi connectivity index (χ1v) is 15.7. The second kappa shape index (κ2) is 12.3. The van der Waals surface area contributed by atoms with Gasteiger partial charge >= 0.3 is 0 Å². The number of fused-ring (bicyclic) bond motifs is 1. The molecule has 2 aliphatic carbocycles. The highest BCUT2D eigenvalue weighted by atomic mass is 19.1. The molecule has 1 aromatic heterocycles. The lowest BCUT2D eigenvalue weighted by Gasteiger charge is -2.29. The van der Waals surface area contributed by atoms with Crippen LogP contribution < -0.4 is 24.8 Å². The number of halogens is 1. The van der Waals surface area contributed by atoms with Gasteiger partial charge in [0.25, 0.3) is 5.91 Å². The molecule has 2 aromatic carbocycles. The van der Waals surface area contributed by atoms with E-state index in [0.717, 1.165) is 38.5 Å². The SMILES string of the molecule is COc1cc(C(=O)NC[C@](C)(O)c2cc3c(c(-c4ccc(F)cc4)n2)OC[C@]3(C)C(=O)NC2CCCCC2)ccc1OC1CC1.[HH]. The highest BCUT2D eigenvalue weighted by Crippen LogP contribution is 2.46. The number of pyridine rings is 1. The molecule has 2 saturated carbocycles. The van der Waals surface area contributed by atoms with E-state index in [1.54, 1.807) is 43.3 Å². The summed E-state index contributed by atoms with van der Waals surface area (Å²) >= 11 is 0. The summed E-state index contributed by atoms with van der Waals surface area (Å²) in [4.78, 5) is 31.7. The zero-order chi connectivity index (χ0) is 31.8. The molecule has 9 nitrogen and oxygen atoms in total. The number of aliphatic hydroxyl groups is 1. The van der Waals surface area contributed by atoms with Crippen molar-refractivity contribution < 1.29 is 34.7 Å². The van der Waals surface area contributed by atoms with E-state index < -0.39 is 22.7 Å². The van der Waals surface area contributed by atoms with Gasteiger partial charge in [-0.2, -0.15) is 0 Å². The second-order valence-corrected chi connectivity index (χ2v) is 12.8. The van der Waals surface area contributed by atoms with Gasteiger partial charge in [0.2, 0.25) is 5.91 Å². The molecule has 45 heavy (non-hydrogen) atoms. The summed E-state index contributed by atoms with van der Waals surface area (Å²) in [6, 6.07) is 12.6. The molecule has 10 heteroatoms. The third-order valence-corrected chi connectivity index (χ3v) is 9.02. The Labute approximate surface area is 264 Å². The lowest BCUT2D eigenvalue weighted by atomic mass is 9.81. The van der Waals surface area contributed by atoms with Gasteiger partial charge < -0.3 is 30.0 Å². The number of methoxy groups -OCH3 is 1. The van der Waals surface area contributed by atoms with Crippen LogP contribution in [0.15, 0.2) is 48.5 Å². The van der Waals surface area contributed by atoms with Crippen LogP contribution >= 0.6 is 0 Å².